The number of carboxylic acids is 1. The molecule has 0 aliphatic carbocycles. The molecule has 8 nitrogen and oxygen atoms in total. The summed E-state index contributed by atoms with van der Waals surface area (Å²) in [5, 5.41) is 17.2. The Kier molecular flexibility index (Phi) is 5.78. The Labute approximate surface area is 169 Å². The third kappa shape index (κ3) is 4.50. The van der Waals surface area contributed by atoms with Gasteiger partial charge in [-0.2, -0.15) is 13.2 Å². The minimum Gasteiger partial charge on any atom is -0.481 e. The summed E-state index contributed by atoms with van der Waals surface area (Å²) in [5.74, 6) is -0.781. The minimum atomic E-state index is -4.77. The van der Waals surface area contributed by atoms with Crippen molar-refractivity contribution in [2.45, 2.75) is 26.4 Å². The molecule has 1 fully saturated rings. The molecular formula is C17H18ClF3N6O2. The summed E-state index contributed by atoms with van der Waals surface area (Å²) < 4.78 is 39.9. The van der Waals surface area contributed by atoms with Crippen molar-refractivity contribution >= 4 is 29.3 Å². The van der Waals surface area contributed by atoms with Gasteiger partial charge in [0.2, 0.25) is 5.95 Å². The number of anilines is 2. The monoisotopic (exact) mass is 430 g/mol. The van der Waals surface area contributed by atoms with E-state index in [-0.39, 0.29) is 5.95 Å². The number of alkyl halides is 3. The summed E-state index contributed by atoms with van der Waals surface area (Å²) >= 11 is 5.98. The first-order valence-electron chi connectivity index (χ1n) is 8.72. The van der Waals surface area contributed by atoms with E-state index in [4.69, 9.17) is 16.7 Å². The van der Waals surface area contributed by atoms with Gasteiger partial charge in [-0.3, -0.25) is 4.79 Å². The van der Waals surface area contributed by atoms with E-state index in [1.807, 2.05) is 18.7 Å². The van der Waals surface area contributed by atoms with E-state index in [0.29, 0.717) is 37.1 Å². The standard InChI is InChI=1S/C17H18ClF3N6O2/c1-9-10(2)15(25-24-14(9)18)26-3-5-27(6-4-26)16-22-8-11(7-12(28)29)13(23-16)17(19,20)21/h8H,3-7H2,1-2H3,(H,28,29). The molecule has 0 atom stereocenters. The van der Waals surface area contributed by atoms with Crippen LogP contribution in [-0.2, 0) is 17.4 Å². The van der Waals surface area contributed by atoms with Gasteiger partial charge in [0.25, 0.3) is 0 Å². The Morgan fingerprint density at radius 2 is 1.76 bits per heavy atom. The summed E-state index contributed by atoms with van der Waals surface area (Å²) in [6.07, 6.45) is -4.63. The summed E-state index contributed by atoms with van der Waals surface area (Å²) in [6.45, 7) is 5.45. The Bertz CT molecular complexity index is 932. The van der Waals surface area contributed by atoms with Crippen molar-refractivity contribution in [1.82, 2.24) is 20.2 Å². The maximum Gasteiger partial charge on any atom is 0.433 e. The molecule has 0 amide bonds. The highest BCUT2D eigenvalue weighted by Gasteiger charge is 2.37. The van der Waals surface area contributed by atoms with Crippen molar-refractivity contribution in [2.75, 3.05) is 36.0 Å². The highest BCUT2D eigenvalue weighted by atomic mass is 35.5. The molecule has 29 heavy (non-hydrogen) atoms. The van der Waals surface area contributed by atoms with E-state index < -0.39 is 29.8 Å². The van der Waals surface area contributed by atoms with E-state index in [1.54, 1.807) is 4.90 Å². The molecule has 0 aromatic carbocycles. The maximum atomic E-state index is 13.3. The van der Waals surface area contributed by atoms with Crippen LogP contribution in [-0.4, -0.2) is 57.4 Å². The van der Waals surface area contributed by atoms with Gasteiger partial charge in [-0.05, 0) is 25.0 Å². The highest BCUT2D eigenvalue weighted by Crippen LogP contribution is 2.32. The Balaban J connectivity index is 1.79. The molecule has 2 aromatic rings. The second kappa shape index (κ2) is 7.97. The summed E-state index contributed by atoms with van der Waals surface area (Å²) in [6, 6.07) is 0. The number of aromatic nitrogens is 4. The second-order valence-electron chi connectivity index (χ2n) is 6.65. The quantitative estimate of drug-likeness (QED) is 0.790. The van der Waals surface area contributed by atoms with Crippen molar-refractivity contribution in [3.05, 3.63) is 33.7 Å². The molecule has 0 radical (unpaired) electrons. The lowest BCUT2D eigenvalue weighted by Crippen LogP contribution is -2.48. The second-order valence-corrected chi connectivity index (χ2v) is 7.01. The number of carbonyl (C=O) groups is 1. The Morgan fingerprint density at radius 3 is 2.34 bits per heavy atom. The van der Waals surface area contributed by atoms with Gasteiger partial charge < -0.3 is 14.9 Å². The van der Waals surface area contributed by atoms with E-state index >= 15 is 0 Å². The molecule has 0 spiro atoms. The van der Waals surface area contributed by atoms with Gasteiger partial charge in [-0.1, -0.05) is 11.6 Å². The molecule has 1 saturated heterocycles. The maximum absolute atomic E-state index is 13.3. The lowest BCUT2D eigenvalue weighted by atomic mass is 10.1. The van der Waals surface area contributed by atoms with Crippen LogP contribution < -0.4 is 9.80 Å². The van der Waals surface area contributed by atoms with Gasteiger partial charge in [0.15, 0.2) is 16.7 Å². The predicted octanol–water partition coefficient (Wildman–Crippen LogP) is 2.51. The molecule has 3 heterocycles. The summed E-state index contributed by atoms with van der Waals surface area (Å²) in [7, 11) is 0. The van der Waals surface area contributed by atoms with Crippen LogP contribution in [0, 0.1) is 13.8 Å². The van der Waals surface area contributed by atoms with Crippen molar-refractivity contribution in [1.29, 1.82) is 0 Å². The fourth-order valence-corrected chi connectivity index (χ4v) is 3.25. The first kappa shape index (κ1) is 21.0. The van der Waals surface area contributed by atoms with Gasteiger partial charge in [-0.25, -0.2) is 9.97 Å². The Hall–Kier alpha value is -2.69. The molecule has 12 heteroatoms. The van der Waals surface area contributed by atoms with E-state index in [0.717, 1.165) is 17.3 Å². The average Bonchev–Trinajstić information content (AvgIpc) is 2.65. The molecule has 3 rings (SSSR count). The lowest BCUT2D eigenvalue weighted by molar-refractivity contribution is -0.142. The first-order valence-corrected chi connectivity index (χ1v) is 9.10. The Morgan fingerprint density at radius 1 is 1.14 bits per heavy atom. The molecule has 1 aliphatic heterocycles. The summed E-state index contributed by atoms with van der Waals surface area (Å²) in [5.41, 5.74) is 0.0376. The minimum absolute atomic E-state index is 0.0822. The van der Waals surface area contributed by atoms with Crippen molar-refractivity contribution in [3.63, 3.8) is 0 Å². The molecule has 0 bridgehead atoms. The third-order valence-electron chi connectivity index (χ3n) is 4.76. The number of piperazine rings is 1. The molecule has 0 saturated carbocycles. The van der Waals surface area contributed by atoms with Gasteiger partial charge in [0.1, 0.15) is 0 Å². The lowest BCUT2D eigenvalue weighted by Gasteiger charge is -2.36. The third-order valence-corrected chi connectivity index (χ3v) is 5.12. The van der Waals surface area contributed by atoms with Crippen LogP contribution in [0.15, 0.2) is 6.20 Å². The van der Waals surface area contributed by atoms with Crippen LogP contribution in [0.1, 0.15) is 22.4 Å². The fourth-order valence-electron chi connectivity index (χ4n) is 3.07. The molecule has 1 aliphatic rings. The van der Waals surface area contributed by atoms with Crippen LogP contribution in [0.5, 0.6) is 0 Å². The number of halogens is 4. The number of rotatable bonds is 4. The van der Waals surface area contributed by atoms with Crippen LogP contribution in [0.25, 0.3) is 0 Å². The molecule has 0 unspecified atom stereocenters. The number of hydrogen-bond donors (Lipinski definition) is 1. The molecular weight excluding hydrogens is 413 g/mol. The van der Waals surface area contributed by atoms with Gasteiger partial charge in [0, 0.05) is 37.9 Å². The van der Waals surface area contributed by atoms with Crippen LogP contribution in [0.3, 0.4) is 0 Å². The van der Waals surface area contributed by atoms with E-state index in [2.05, 4.69) is 20.2 Å². The van der Waals surface area contributed by atoms with Crippen LogP contribution >= 0.6 is 11.6 Å². The van der Waals surface area contributed by atoms with Gasteiger partial charge in [-0.15, -0.1) is 10.2 Å². The van der Waals surface area contributed by atoms with E-state index in [1.165, 1.54) is 0 Å². The normalized spacial score (nSPS) is 15.0. The largest absolute Gasteiger partial charge is 0.481 e. The molecule has 1 N–H and O–H groups in total. The average molecular weight is 431 g/mol. The smallest absolute Gasteiger partial charge is 0.433 e. The predicted molar refractivity (Wildman–Crippen MR) is 99.3 cm³/mol. The summed E-state index contributed by atoms with van der Waals surface area (Å²) in [4.78, 5) is 22.0. The van der Waals surface area contributed by atoms with Crippen LogP contribution in [0.2, 0.25) is 5.15 Å². The van der Waals surface area contributed by atoms with Crippen molar-refractivity contribution < 1.29 is 23.1 Å². The fraction of sp³-hybridized carbons (Fsp3) is 0.471. The number of hydrogen-bond acceptors (Lipinski definition) is 7. The zero-order chi connectivity index (χ0) is 21.3. The number of carboxylic acid groups (broad SMARTS) is 1. The van der Waals surface area contributed by atoms with E-state index in [9.17, 15) is 18.0 Å². The topological polar surface area (TPSA) is 95.3 Å². The highest BCUT2D eigenvalue weighted by molar-refractivity contribution is 6.30. The zero-order valence-corrected chi connectivity index (χ0v) is 16.4. The molecule has 156 valence electrons. The van der Waals surface area contributed by atoms with Gasteiger partial charge in [0.05, 0.1) is 6.42 Å². The van der Waals surface area contributed by atoms with Gasteiger partial charge >= 0.3 is 12.1 Å². The van der Waals surface area contributed by atoms with Crippen molar-refractivity contribution in [3.8, 4) is 0 Å². The number of nitrogens with zero attached hydrogens (tertiary/aromatic N) is 6. The SMILES string of the molecule is Cc1c(Cl)nnc(N2CCN(c3ncc(CC(=O)O)c(C(F)(F)F)n3)CC2)c1C. The first-order chi connectivity index (χ1) is 13.6. The van der Waals surface area contributed by atoms with Crippen LogP contribution in [0.4, 0.5) is 24.9 Å². The molecule has 2 aromatic heterocycles. The number of aliphatic carboxylic acids is 1. The zero-order valence-electron chi connectivity index (χ0n) is 15.7. The van der Waals surface area contributed by atoms with Crippen molar-refractivity contribution in [2.24, 2.45) is 0 Å².